The summed E-state index contributed by atoms with van der Waals surface area (Å²) in [6, 6.07) is 15.4. The second-order valence-electron chi connectivity index (χ2n) is 7.66. The molecule has 1 aliphatic heterocycles. The van der Waals surface area contributed by atoms with E-state index in [2.05, 4.69) is 5.32 Å². The van der Waals surface area contributed by atoms with Crippen LogP contribution in [-0.4, -0.2) is 50.1 Å². The molecule has 1 aromatic heterocycles. The largest absolute Gasteiger partial charge is 0.497 e. The minimum Gasteiger partial charge on any atom is -0.497 e. The van der Waals surface area contributed by atoms with Gasteiger partial charge in [0, 0.05) is 30.6 Å². The predicted octanol–water partition coefficient (Wildman–Crippen LogP) is 2.65. The van der Waals surface area contributed by atoms with Gasteiger partial charge in [-0.15, -0.1) is 15.8 Å². The smallest absolute Gasteiger partial charge is 0.289 e. The number of hydroxylamine groups is 1. The Morgan fingerprint density at radius 3 is 2.44 bits per heavy atom. The number of hydrogen-bond donors (Lipinski definition) is 2. The van der Waals surface area contributed by atoms with Crippen LogP contribution < -0.4 is 15.0 Å². The highest BCUT2D eigenvalue weighted by atomic mass is 32.2. The molecule has 0 saturated heterocycles. The van der Waals surface area contributed by atoms with E-state index in [1.807, 2.05) is 30.3 Å². The van der Waals surface area contributed by atoms with Crippen LogP contribution in [0.1, 0.15) is 20.1 Å². The molecule has 11 heteroatoms. The molecule has 0 saturated carbocycles. The Labute approximate surface area is 201 Å². The van der Waals surface area contributed by atoms with E-state index < -0.39 is 22.0 Å². The first-order valence-electron chi connectivity index (χ1n) is 10.3. The average Bonchev–Trinajstić information content (AvgIpc) is 3.31. The first-order chi connectivity index (χ1) is 16.2. The highest BCUT2D eigenvalue weighted by Crippen LogP contribution is 2.30. The van der Waals surface area contributed by atoms with Crippen LogP contribution in [0.5, 0.6) is 5.75 Å². The van der Waals surface area contributed by atoms with Gasteiger partial charge in [-0.2, -0.15) is 8.42 Å². The van der Waals surface area contributed by atoms with E-state index >= 15 is 0 Å². The molecule has 0 aliphatic carbocycles. The molecule has 34 heavy (non-hydrogen) atoms. The molecule has 2 aromatic carbocycles. The molecular weight excluding hydrogens is 478 g/mol. The monoisotopic (exact) mass is 501 g/mol. The van der Waals surface area contributed by atoms with Gasteiger partial charge in [0.2, 0.25) is 0 Å². The summed E-state index contributed by atoms with van der Waals surface area (Å²) in [6.45, 7) is 0.265. The number of anilines is 1. The number of carbonyl (C=O) groups excluding carboxylic acids is 2. The van der Waals surface area contributed by atoms with Crippen molar-refractivity contribution in [2.75, 3.05) is 19.1 Å². The van der Waals surface area contributed by atoms with Crippen LogP contribution in [0.15, 0.2) is 65.6 Å². The fraction of sp³-hybridized carbons (Fsp3) is 0.217. The molecule has 9 nitrogen and oxygen atoms in total. The van der Waals surface area contributed by atoms with Crippen LogP contribution in [0.4, 0.5) is 5.69 Å². The van der Waals surface area contributed by atoms with Crippen molar-refractivity contribution in [2.45, 2.75) is 23.9 Å². The number of methoxy groups -OCH3 is 1. The second kappa shape index (κ2) is 9.55. The molecule has 2 amide bonds. The van der Waals surface area contributed by atoms with Gasteiger partial charge in [0.05, 0.1) is 22.9 Å². The van der Waals surface area contributed by atoms with Gasteiger partial charge in [0.25, 0.3) is 21.8 Å². The van der Waals surface area contributed by atoms with Crippen LogP contribution in [0.25, 0.3) is 0 Å². The van der Waals surface area contributed by atoms with Crippen molar-refractivity contribution in [3.63, 3.8) is 0 Å². The molecule has 178 valence electrons. The van der Waals surface area contributed by atoms with Gasteiger partial charge in [-0.05, 0) is 48.0 Å². The fourth-order valence-electron chi connectivity index (χ4n) is 3.59. The number of rotatable bonds is 6. The summed E-state index contributed by atoms with van der Waals surface area (Å²) < 4.78 is 30.2. The zero-order valence-electron chi connectivity index (χ0n) is 18.5. The SMILES string of the molecule is COc1ccc(S(=O)(=O)N(O)C(=O)C2Cc3sc(C(=O)N(C)c4ccccc4)cc3CN2)cc1. The van der Waals surface area contributed by atoms with E-state index in [0.717, 1.165) is 16.1 Å². The molecule has 0 spiro atoms. The molecule has 0 bridgehead atoms. The summed E-state index contributed by atoms with van der Waals surface area (Å²) in [6.07, 6.45) is 0.149. The summed E-state index contributed by atoms with van der Waals surface area (Å²) in [5.41, 5.74) is 1.62. The average molecular weight is 502 g/mol. The highest BCUT2D eigenvalue weighted by molar-refractivity contribution is 7.89. The van der Waals surface area contributed by atoms with Gasteiger partial charge in [0.1, 0.15) is 5.75 Å². The van der Waals surface area contributed by atoms with Crippen molar-refractivity contribution in [2.24, 2.45) is 0 Å². The van der Waals surface area contributed by atoms with E-state index in [1.54, 1.807) is 18.0 Å². The molecule has 1 unspecified atom stereocenters. The lowest BCUT2D eigenvalue weighted by Crippen LogP contribution is -2.49. The van der Waals surface area contributed by atoms with E-state index in [-0.39, 0.29) is 28.2 Å². The third-order valence-corrected chi connectivity index (χ3v) is 8.25. The summed E-state index contributed by atoms with van der Waals surface area (Å²) in [7, 11) is -1.32. The van der Waals surface area contributed by atoms with Crippen molar-refractivity contribution >= 4 is 38.9 Å². The molecule has 4 rings (SSSR count). The number of ether oxygens (including phenoxy) is 1. The maximum absolute atomic E-state index is 12.9. The van der Waals surface area contributed by atoms with Crippen LogP contribution >= 0.6 is 11.3 Å². The minimum atomic E-state index is -4.45. The van der Waals surface area contributed by atoms with Crippen molar-refractivity contribution in [3.05, 3.63) is 76.0 Å². The summed E-state index contributed by atoms with van der Waals surface area (Å²) in [5, 5.41) is 13.2. The van der Waals surface area contributed by atoms with Gasteiger partial charge >= 0.3 is 0 Å². The molecule has 2 heterocycles. The van der Waals surface area contributed by atoms with Gasteiger partial charge < -0.3 is 15.0 Å². The van der Waals surface area contributed by atoms with E-state index in [0.29, 0.717) is 10.6 Å². The maximum atomic E-state index is 12.9. The van der Waals surface area contributed by atoms with Gasteiger partial charge in [-0.3, -0.25) is 14.8 Å². The van der Waals surface area contributed by atoms with Gasteiger partial charge in [-0.1, -0.05) is 18.2 Å². The third kappa shape index (κ3) is 4.55. The Morgan fingerprint density at radius 2 is 1.79 bits per heavy atom. The predicted molar refractivity (Wildman–Crippen MR) is 127 cm³/mol. The first-order valence-corrected chi connectivity index (χ1v) is 12.6. The molecule has 1 aliphatic rings. The Kier molecular flexibility index (Phi) is 6.71. The number of sulfonamides is 1. The standard InChI is InChI=1S/C23H23N3O6S2/c1-25(16-6-4-3-5-7-16)23(28)21-12-15-14-24-19(13-20(15)33-21)22(27)26(29)34(30,31)18-10-8-17(32-2)9-11-18/h3-12,19,24,29H,13-14H2,1-2H3. The lowest BCUT2D eigenvalue weighted by molar-refractivity contribution is -0.148. The van der Waals surface area contributed by atoms with Crippen molar-refractivity contribution in [3.8, 4) is 5.75 Å². The molecule has 0 radical (unpaired) electrons. The molecule has 2 N–H and O–H groups in total. The third-order valence-electron chi connectivity index (χ3n) is 5.56. The zero-order valence-corrected chi connectivity index (χ0v) is 20.1. The topological polar surface area (TPSA) is 116 Å². The number of benzene rings is 2. The van der Waals surface area contributed by atoms with E-state index in [9.17, 15) is 23.2 Å². The van der Waals surface area contributed by atoms with Crippen LogP contribution in [-0.2, 0) is 27.8 Å². The Morgan fingerprint density at radius 1 is 1.12 bits per heavy atom. The zero-order chi connectivity index (χ0) is 24.5. The first kappa shape index (κ1) is 23.9. The normalized spacial score (nSPS) is 15.3. The van der Waals surface area contributed by atoms with Gasteiger partial charge in [0.15, 0.2) is 0 Å². The molecular formula is C23H23N3O6S2. The number of hydrogen-bond acceptors (Lipinski definition) is 8. The minimum absolute atomic E-state index is 0.149. The maximum Gasteiger partial charge on any atom is 0.289 e. The summed E-state index contributed by atoms with van der Waals surface area (Å²) >= 11 is 1.26. The van der Waals surface area contributed by atoms with E-state index in [4.69, 9.17) is 4.74 Å². The second-order valence-corrected chi connectivity index (χ2v) is 10.6. The quantitative estimate of drug-likeness (QED) is 0.394. The molecule has 3 aromatic rings. The Balaban J connectivity index is 1.49. The van der Waals surface area contributed by atoms with Crippen molar-refractivity contribution in [1.82, 2.24) is 9.79 Å². The van der Waals surface area contributed by atoms with Gasteiger partial charge in [-0.25, -0.2) is 0 Å². The Hall–Kier alpha value is -3.25. The number of para-hydroxylation sites is 1. The van der Waals surface area contributed by atoms with Crippen molar-refractivity contribution < 1.29 is 28.0 Å². The van der Waals surface area contributed by atoms with Crippen LogP contribution in [0.2, 0.25) is 0 Å². The number of amides is 2. The van der Waals surface area contributed by atoms with E-state index in [1.165, 1.54) is 42.7 Å². The van der Waals surface area contributed by atoms with Crippen LogP contribution in [0, 0.1) is 0 Å². The number of fused-ring (bicyclic) bond motifs is 1. The number of carbonyl (C=O) groups is 2. The number of nitrogens with zero attached hydrogens (tertiary/aromatic N) is 2. The summed E-state index contributed by atoms with van der Waals surface area (Å²) in [5.74, 6) is -0.735. The fourth-order valence-corrected chi connectivity index (χ4v) is 5.84. The Bertz CT molecular complexity index is 1310. The molecule has 0 fully saturated rings. The van der Waals surface area contributed by atoms with Crippen LogP contribution in [0.3, 0.4) is 0 Å². The molecule has 1 atom stereocenters. The lowest BCUT2D eigenvalue weighted by Gasteiger charge is -2.25. The number of thiophene rings is 1. The number of nitrogens with one attached hydrogen (secondary N) is 1. The summed E-state index contributed by atoms with van der Waals surface area (Å²) in [4.78, 5) is 28.4. The lowest BCUT2D eigenvalue weighted by atomic mass is 10.0. The highest BCUT2D eigenvalue weighted by Gasteiger charge is 2.36. The van der Waals surface area contributed by atoms with Crippen molar-refractivity contribution in [1.29, 1.82) is 0 Å².